The van der Waals surface area contributed by atoms with Crippen LogP contribution in [0.15, 0.2) is 17.1 Å². The normalized spacial score (nSPS) is 23.8. The van der Waals surface area contributed by atoms with Crippen LogP contribution in [0, 0.1) is 11.8 Å². The molecule has 3 heterocycles. The van der Waals surface area contributed by atoms with E-state index >= 15 is 0 Å². The Morgan fingerprint density at radius 3 is 2.61 bits per heavy atom. The number of likely N-dealkylation sites (N-methyl/N-ethyl adjacent to an activating group) is 1. The van der Waals surface area contributed by atoms with E-state index < -0.39 is 29.3 Å². The van der Waals surface area contributed by atoms with Crippen LogP contribution in [0.2, 0.25) is 0 Å². The van der Waals surface area contributed by atoms with Gasteiger partial charge >= 0.3 is 12.1 Å². The summed E-state index contributed by atoms with van der Waals surface area (Å²) in [4.78, 5) is 28.7. The first-order valence-electron chi connectivity index (χ1n) is 10.9. The molecule has 3 atom stereocenters. The maximum absolute atomic E-state index is 13.6. The molecule has 2 aliphatic rings. The highest BCUT2D eigenvalue weighted by molar-refractivity contribution is 5.71. The molecule has 1 aromatic heterocycles. The van der Waals surface area contributed by atoms with Crippen LogP contribution in [0.25, 0.3) is 0 Å². The molecule has 0 saturated carbocycles. The van der Waals surface area contributed by atoms with Gasteiger partial charge in [0, 0.05) is 37.9 Å². The van der Waals surface area contributed by atoms with E-state index in [4.69, 9.17) is 0 Å². The predicted octanol–water partition coefficient (Wildman–Crippen LogP) is 3.11. The van der Waals surface area contributed by atoms with E-state index in [1.54, 1.807) is 0 Å². The lowest BCUT2D eigenvalue weighted by molar-refractivity contribution is -0.141. The van der Waals surface area contributed by atoms with Crippen LogP contribution in [-0.2, 0) is 17.4 Å². The summed E-state index contributed by atoms with van der Waals surface area (Å²) in [7, 11) is 2.09. The largest absolute Gasteiger partial charge is 0.480 e. The van der Waals surface area contributed by atoms with Gasteiger partial charge in [-0.2, -0.15) is 13.2 Å². The van der Waals surface area contributed by atoms with Gasteiger partial charge < -0.3 is 19.5 Å². The summed E-state index contributed by atoms with van der Waals surface area (Å²) in [5.41, 5.74) is -1.92. The zero-order valence-corrected chi connectivity index (χ0v) is 18.4. The third-order valence-electron chi connectivity index (χ3n) is 6.58. The summed E-state index contributed by atoms with van der Waals surface area (Å²) in [5.74, 6) is -0.601. The SMILES string of the molecule is CC(C)CC(C(=O)O)n1cc(CCN2CCC3CC(C2)N(C)C3)c(C(F)(F)F)cc1=O. The van der Waals surface area contributed by atoms with Gasteiger partial charge in [-0.05, 0) is 56.7 Å². The van der Waals surface area contributed by atoms with Crippen LogP contribution in [-0.4, -0.2) is 64.7 Å². The number of nitrogens with zero attached hydrogens (tertiary/aromatic N) is 3. The number of pyridine rings is 1. The molecule has 0 aromatic carbocycles. The van der Waals surface area contributed by atoms with Gasteiger partial charge in [0.25, 0.3) is 5.56 Å². The second-order valence-corrected chi connectivity index (χ2v) is 9.47. The van der Waals surface area contributed by atoms with Crippen molar-refractivity contribution in [2.45, 2.75) is 57.8 Å². The molecule has 2 fully saturated rings. The van der Waals surface area contributed by atoms with Gasteiger partial charge in [-0.3, -0.25) is 4.79 Å². The maximum atomic E-state index is 13.6. The van der Waals surface area contributed by atoms with Crippen molar-refractivity contribution in [1.82, 2.24) is 14.4 Å². The highest BCUT2D eigenvalue weighted by Gasteiger charge is 2.36. The molecule has 6 nitrogen and oxygen atoms in total. The van der Waals surface area contributed by atoms with E-state index in [0.717, 1.165) is 43.2 Å². The van der Waals surface area contributed by atoms with Crippen LogP contribution in [0.1, 0.15) is 50.3 Å². The van der Waals surface area contributed by atoms with Crippen molar-refractivity contribution in [2.75, 3.05) is 33.2 Å². The number of carboxylic acids is 1. The first-order valence-corrected chi connectivity index (χ1v) is 10.9. The van der Waals surface area contributed by atoms with Crippen molar-refractivity contribution >= 4 is 5.97 Å². The quantitative estimate of drug-likeness (QED) is 0.702. The van der Waals surface area contributed by atoms with Crippen molar-refractivity contribution in [3.63, 3.8) is 0 Å². The second kappa shape index (κ2) is 9.32. The Kier molecular flexibility index (Phi) is 7.15. The highest BCUT2D eigenvalue weighted by atomic mass is 19.4. The smallest absolute Gasteiger partial charge is 0.416 e. The number of aromatic nitrogens is 1. The van der Waals surface area contributed by atoms with E-state index in [9.17, 15) is 27.9 Å². The van der Waals surface area contributed by atoms with Crippen LogP contribution >= 0.6 is 0 Å². The topological polar surface area (TPSA) is 65.8 Å². The molecule has 0 spiro atoms. The van der Waals surface area contributed by atoms with Gasteiger partial charge in [0.2, 0.25) is 0 Å². The lowest BCUT2D eigenvalue weighted by Gasteiger charge is -2.29. The first kappa shape index (κ1) is 23.8. The van der Waals surface area contributed by atoms with Gasteiger partial charge in [-0.15, -0.1) is 0 Å². The van der Waals surface area contributed by atoms with Crippen LogP contribution in [0.5, 0.6) is 0 Å². The molecule has 9 heteroatoms. The molecule has 0 aliphatic carbocycles. The lowest BCUT2D eigenvalue weighted by atomic mass is 10.0. The number of aliphatic carboxylic acids is 1. The molecule has 1 aromatic rings. The number of hydrogen-bond acceptors (Lipinski definition) is 4. The lowest BCUT2D eigenvalue weighted by Crippen LogP contribution is -2.40. The minimum absolute atomic E-state index is 0.0233. The molecule has 3 unspecified atom stereocenters. The van der Waals surface area contributed by atoms with E-state index in [2.05, 4.69) is 16.8 Å². The molecule has 2 aliphatic heterocycles. The second-order valence-electron chi connectivity index (χ2n) is 9.47. The van der Waals surface area contributed by atoms with Crippen molar-refractivity contribution in [3.8, 4) is 0 Å². The number of alkyl halides is 3. The third kappa shape index (κ3) is 5.68. The Bertz CT molecular complexity index is 853. The minimum Gasteiger partial charge on any atom is -0.480 e. The van der Waals surface area contributed by atoms with Crippen molar-refractivity contribution in [2.24, 2.45) is 11.8 Å². The van der Waals surface area contributed by atoms with Crippen molar-refractivity contribution < 1.29 is 23.1 Å². The number of hydrogen-bond donors (Lipinski definition) is 1. The van der Waals surface area contributed by atoms with Crippen LogP contribution in [0.4, 0.5) is 13.2 Å². The Labute approximate surface area is 180 Å². The van der Waals surface area contributed by atoms with Gasteiger partial charge in [0.05, 0.1) is 5.56 Å². The van der Waals surface area contributed by atoms with E-state index in [0.29, 0.717) is 24.6 Å². The predicted molar refractivity (Wildman–Crippen MR) is 111 cm³/mol. The maximum Gasteiger partial charge on any atom is 0.416 e. The van der Waals surface area contributed by atoms with Gasteiger partial charge in [-0.1, -0.05) is 13.8 Å². The van der Waals surface area contributed by atoms with Crippen LogP contribution < -0.4 is 5.56 Å². The molecule has 31 heavy (non-hydrogen) atoms. The summed E-state index contributed by atoms with van der Waals surface area (Å²) >= 11 is 0. The summed E-state index contributed by atoms with van der Waals surface area (Å²) in [5, 5.41) is 9.58. The summed E-state index contributed by atoms with van der Waals surface area (Å²) < 4.78 is 41.9. The summed E-state index contributed by atoms with van der Waals surface area (Å²) in [6.07, 6.45) is -1.10. The molecule has 2 bridgehead atoms. The van der Waals surface area contributed by atoms with Crippen molar-refractivity contribution in [3.05, 3.63) is 33.7 Å². The number of carbonyl (C=O) groups is 1. The Balaban J connectivity index is 1.86. The monoisotopic (exact) mass is 443 g/mol. The third-order valence-corrected chi connectivity index (χ3v) is 6.58. The summed E-state index contributed by atoms with van der Waals surface area (Å²) in [6.45, 7) is 6.82. The standard InChI is InChI=1S/C22H32F3N3O3/c1-14(2)8-19(21(30)31)28-12-16(18(10-20(28)29)22(23,24)25)5-7-27-6-4-15-9-17(13-27)26(3)11-15/h10,12,14-15,17,19H,4-9,11,13H2,1-3H3,(H,30,31). The number of rotatable bonds is 7. The number of fused-ring (bicyclic) bond motifs is 2. The van der Waals surface area contributed by atoms with Crippen LogP contribution in [0.3, 0.4) is 0 Å². The zero-order chi connectivity index (χ0) is 22.9. The zero-order valence-electron chi connectivity index (χ0n) is 18.4. The molecular formula is C22H32F3N3O3. The van der Waals surface area contributed by atoms with Crippen molar-refractivity contribution in [1.29, 1.82) is 0 Å². The molecular weight excluding hydrogens is 411 g/mol. The molecule has 0 radical (unpaired) electrons. The Hall–Kier alpha value is -1.87. The fourth-order valence-corrected chi connectivity index (χ4v) is 4.93. The van der Waals surface area contributed by atoms with Gasteiger partial charge in [0.15, 0.2) is 0 Å². The molecule has 174 valence electrons. The fourth-order valence-electron chi connectivity index (χ4n) is 4.93. The Morgan fingerprint density at radius 2 is 2.00 bits per heavy atom. The number of likely N-dealkylation sites (tertiary alicyclic amines) is 2. The highest BCUT2D eigenvalue weighted by Crippen LogP contribution is 2.33. The van der Waals surface area contributed by atoms with Gasteiger partial charge in [0.1, 0.15) is 6.04 Å². The summed E-state index contributed by atoms with van der Waals surface area (Å²) in [6, 6.07) is -0.203. The fraction of sp³-hybridized carbons (Fsp3) is 0.727. The average Bonchev–Trinajstić information content (AvgIpc) is 2.87. The first-order chi connectivity index (χ1) is 14.5. The molecule has 0 amide bonds. The van der Waals surface area contributed by atoms with Gasteiger partial charge in [-0.25, -0.2) is 4.79 Å². The average molecular weight is 444 g/mol. The molecule has 3 rings (SSSR count). The molecule has 2 saturated heterocycles. The minimum atomic E-state index is -4.66. The molecule has 1 N–H and O–H groups in total. The van der Waals surface area contributed by atoms with E-state index in [-0.39, 0.29) is 24.3 Å². The Morgan fingerprint density at radius 1 is 1.29 bits per heavy atom. The number of halogens is 3. The van der Waals surface area contributed by atoms with E-state index in [1.807, 2.05) is 13.8 Å². The van der Waals surface area contributed by atoms with E-state index in [1.165, 1.54) is 0 Å². The number of carboxylic acid groups (broad SMARTS) is 1.